The van der Waals surface area contributed by atoms with Crippen molar-refractivity contribution in [2.45, 2.75) is 45.4 Å². The number of hydrogen-bond acceptors (Lipinski definition) is 2. The maximum atomic E-state index is 12.4. The number of rotatable bonds is 8. The third-order valence-corrected chi connectivity index (χ3v) is 4.35. The third kappa shape index (κ3) is 5.68. The van der Waals surface area contributed by atoms with Gasteiger partial charge in [-0.3, -0.25) is 4.79 Å². The summed E-state index contributed by atoms with van der Waals surface area (Å²) in [5, 5.41) is 0.0650. The van der Waals surface area contributed by atoms with E-state index in [1.54, 1.807) is 11.8 Å². The first-order valence-corrected chi connectivity index (χ1v) is 8.18. The zero-order valence-corrected chi connectivity index (χ0v) is 13.1. The smallest absolute Gasteiger partial charge is 0.235 e. The molecule has 1 unspecified atom stereocenters. The van der Waals surface area contributed by atoms with Gasteiger partial charge in [0.2, 0.25) is 5.91 Å². The number of carbonyl (C=O) groups excluding carboxylic acids is 1. The van der Waals surface area contributed by atoms with Crippen LogP contribution >= 0.6 is 11.8 Å². The van der Waals surface area contributed by atoms with Gasteiger partial charge in [0, 0.05) is 13.1 Å². The number of hydrogen-bond donors (Lipinski definition) is 0. The highest BCUT2D eigenvalue weighted by Gasteiger charge is 2.19. The van der Waals surface area contributed by atoms with Crippen LogP contribution in [0.3, 0.4) is 0 Å². The van der Waals surface area contributed by atoms with Gasteiger partial charge in [-0.25, -0.2) is 0 Å². The summed E-state index contributed by atoms with van der Waals surface area (Å²) < 4.78 is 0. The van der Waals surface area contributed by atoms with Crippen LogP contribution in [0, 0.1) is 0 Å². The number of unbranched alkanes of at least 4 members (excludes halogenated alkanes) is 1. The van der Waals surface area contributed by atoms with Gasteiger partial charge in [-0.1, -0.05) is 43.7 Å². The monoisotopic (exact) mass is 279 g/mol. The molecule has 0 fully saturated rings. The predicted molar refractivity (Wildman–Crippen MR) is 84.4 cm³/mol. The van der Waals surface area contributed by atoms with Gasteiger partial charge in [-0.15, -0.1) is 11.8 Å². The molecule has 0 saturated heterocycles. The molecule has 1 aromatic carbocycles. The van der Waals surface area contributed by atoms with Crippen LogP contribution in [0.1, 0.15) is 39.2 Å². The second-order valence-corrected chi connectivity index (χ2v) is 6.15. The van der Waals surface area contributed by atoms with Crippen LogP contribution in [-0.4, -0.2) is 28.4 Å². The summed E-state index contributed by atoms with van der Waals surface area (Å²) >= 11 is 1.77. The fourth-order valence-corrected chi connectivity index (χ4v) is 2.98. The van der Waals surface area contributed by atoms with Crippen molar-refractivity contribution < 1.29 is 4.79 Å². The average molecular weight is 279 g/mol. The Morgan fingerprint density at radius 2 is 1.95 bits per heavy atom. The Morgan fingerprint density at radius 3 is 2.53 bits per heavy atom. The molecule has 19 heavy (non-hydrogen) atoms. The second-order valence-electron chi connectivity index (χ2n) is 4.70. The second kappa shape index (κ2) is 9.03. The Kier molecular flexibility index (Phi) is 7.65. The molecule has 1 atom stereocenters. The van der Waals surface area contributed by atoms with Gasteiger partial charge in [-0.2, -0.15) is 0 Å². The molecule has 0 heterocycles. The van der Waals surface area contributed by atoms with E-state index in [9.17, 15) is 4.79 Å². The van der Waals surface area contributed by atoms with E-state index in [-0.39, 0.29) is 11.2 Å². The lowest BCUT2D eigenvalue weighted by Crippen LogP contribution is -2.36. The summed E-state index contributed by atoms with van der Waals surface area (Å²) in [6, 6.07) is 10.2. The van der Waals surface area contributed by atoms with Crippen molar-refractivity contribution in [3.05, 3.63) is 35.9 Å². The summed E-state index contributed by atoms with van der Waals surface area (Å²) in [5.41, 5.74) is 1.20. The van der Waals surface area contributed by atoms with E-state index in [2.05, 4.69) is 19.1 Å². The molecular formula is C16H25NOS. The van der Waals surface area contributed by atoms with Gasteiger partial charge in [-0.05, 0) is 31.6 Å². The van der Waals surface area contributed by atoms with Crippen molar-refractivity contribution >= 4 is 17.7 Å². The first kappa shape index (κ1) is 16.1. The maximum Gasteiger partial charge on any atom is 0.235 e. The normalized spacial score (nSPS) is 12.2. The molecule has 1 aromatic rings. The number of benzene rings is 1. The standard InChI is InChI=1S/C16H25NOS/c1-4-6-12-19-14(3)16(18)17(5-2)13-15-10-8-7-9-11-15/h7-11,14H,4-6,12-13H2,1-3H3. The van der Waals surface area contributed by atoms with Crippen molar-refractivity contribution in [2.75, 3.05) is 12.3 Å². The molecule has 0 bridgehead atoms. The zero-order chi connectivity index (χ0) is 14.1. The molecule has 0 aliphatic rings. The summed E-state index contributed by atoms with van der Waals surface area (Å²) in [6.45, 7) is 7.74. The molecule has 1 amide bonds. The van der Waals surface area contributed by atoms with Gasteiger partial charge in [0.25, 0.3) is 0 Å². The quantitative estimate of drug-likeness (QED) is 0.671. The molecule has 0 N–H and O–H groups in total. The van der Waals surface area contributed by atoms with Crippen LogP contribution < -0.4 is 0 Å². The third-order valence-electron chi connectivity index (χ3n) is 3.12. The molecule has 3 heteroatoms. The highest BCUT2D eigenvalue weighted by atomic mass is 32.2. The zero-order valence-electron chi connectivity index (χ0n) is 12.3. The molecule has 0 aromatic heterocycles. The van der Waals surface area contributed by atoms with E-state index < -0.39 is 0 Å². The van der Waals surface area contributed by atoms with Crippen LogP contribution in [0.2, 0.25) is 0 Å². The summed E-state index contributed by atoms with van der Waals surface area (Å²) in [4.78, 5) is 14.3. The van der Waals surface area contributed by atoms with E-state index in [1.165, 1.54) is 18.4 Å². The largest absolute Gasteiger partial charge is 0.338 e. The lowest BCUT2D eigenvalue weighted by molar-refractivity contribution is -0.130. The van der Waals surface area contributed by atoms with Gasteiger partial charge in [0.15, 0.2) is 0 Å². The van der Waals surface area contributed by atoms with Gasteiger partial charge in [0.1, 0.15) is 0 Å². The Bertz CT molecular complexity index is 366. The van der Waals surface area contributed by atoms with Gasteiger partial charge in [0.05, 0.1) is 5.25 Å². The Balaban J connectivity index is 2.51. The van der Waals surface area contributed by atoms with Crippen molar-refractivity contribution in [1.29, 1.82) is 0 Å². The molecule has 0 radical (unpaired) electrons. The van der Waals surface area contributed by atoms with Gasteiger partial charge < -0.3 is 4.90 Å². The van der Waals surface area contributed by atoms with Gasteiger partial charge >= 0.3 is 0 Å². The number of carbonyl (C=O) groups is 1. The number of thioether (sulfide) groups is 1. The lowest BCUT2D eigenvalue weighted by Gasteiger charge is -2.24. The Morgan fingerprint density at radius 1 is 1.26 bits per heavy atom. The number of amides is 1. The molecule has 0 saturated carbocycles. The molecule has 2 nitrogen and oxygen atoms in total. The molecule has 106 valence electrons. The summed E-state index contributed by atoms with van der Waals surface area (Å²) in [5.74, 6) is 1.33. The summed E-state index contributed by atoms with van der Waals surface area (Å²) in [6.07, 6.45) is 2.38. The Labute approximate surface area is 121 Å². The van der Waals surface area contributed by atoms with Crippen molar-refractivity contribution in [1.82, 2.24) is 4.90 Å². The highest BCUT2D eigenvalue weighted by Crippen LogP contribution is 2.16. The SMILES string of the molecule is CCCCSC(C)C(=O)N(CC)Cc1ccccc1. The molecule has 0 aliphatic carbocycles. The van der Waals surface area contributed by atoms with E-state index in [0.717, 1.165) is 18.8 Å². The molecular weight excluding hydrogens is 254 g/mol. The highest BCUT2D eigenvalue weighted by molar-refractivity contribution is 8.00. The molecule has 0 spiro atoms. The first-order chi connectivity index (χ1) is 9.19. The lowest BCUT2D eigenvalue weighted by atomic mass is 10.2. The van der Waals surface area contributed by atoms with E-state index in [4.69, 9.17) is 0 Å². The topological polar surface area (TPSA) is 20.3 Å². The minimum atomic E-state index is 0.0650. The first-order valence-electron chi connectivity index (χ1n) is 7.13. The minimum Gasteiger partial charge on any atom is -0.338 e. The summed E-state index contributed by atoms with van der Waals surface area (Å²) in [7, 11) is 0. The van der Waals surface area contributed by atoms with E-state index in [0.29, 0.717) is 0 Å². The molecule has 0 aliphatic heterocycles. The van der Waals surface area contributed by atoms with E-state index >= 15 is 0 Å². The maximum absolute atomic E-state index is 12.4. The minimum absolute atomic E-state index is 0.0650. The Hall–Kier alpha value is -0.960. The van der Waals surface area contributed by atoms with Crippen LogP contribution in [-0.2, 0) is 11.3 Å². The van der Waals surface area contributed by atoms with E-state index in [1.807, 2.05) is 36.9 Å². The van der Waals surface area contributed by atoms with Crippen molar-refractivity contribution in [3.8, 4) is 0 Å². The van der Waals surface area contributed by atoms with Crippen molar-refractivity contribution in [2.24, 2.45) is 0 Å². The van der Waals surface area contributed by atoms with Crippen LogP contribution in [0.4, 0.5) is 0 Å². The van der Waals surface area contributed by atoms with Crippen LogP contribution in [0.5, 0.6) is 0 Å². The predicted octanol–water partition coefficient (Wildman–Crippen LogP) is 3.96. The fraction of sp³-hybridized carbons (Fsp3) is 0.562. The average Bonchev–Trinajstić information content (AvgIpc) is 2.45. The molecule has 1 rings (SSSR count). The van der Waals surface area contributed by atoms with Crippen molar-refractivity contribution in [3.63, 3.8) is 0 Å². The fourth-order valence-electron chi connectivity index (χ4n) is 1.88. The van der Waals surface area contributed by atoms with Crippen LogP contribution in [0.25, 0.3) is 0 Å². The van der Waals surface area contributed by atoms with Crippen LogP contribution in [0.15, 0.2) is 30.3 Å². The number of nitrogens with zero attached hydrogens (tertiary/aromatic N) is 1.